The van der Waals surface area contributed by atoms with Gasteiger partial charge >= 0.3 is 0 Å². The number of hydrogen-bond donors (Lipinski definition) is 0. The van der Waals surface area contributed by atoms with Gasteiger partial charge in [-0.15, -0.1) is 22.9 Å². The van der Waals surface area contributed by atoms with Crippen molar-refractivity contribution in [3.05, 3.63) is 20.8 Å². The van der Waals surface area contributed by atoms with Crippen LogP contribution in [0, 0.1) is 24.7 Å². The summed E-state index contributed by atoms with van der Waals surface area (Å²) in [6.45, 7) is 2.07. The molecule has 0 radical (unpaired) electrons. The summed E-state index contributed by atoms with van der Waals surface area (Å²) in [5.74, 6) is 2.61. The zero-order valence-corrected chi connectivity index (χ0v) is 13.8. The van der Waals surface area contributed by atoms with Gasteiger partial charge in [-0.25, -0.2) is 0 Å². The molecule has 0 N–H and O–H groups in total. The van der Waals surface area contributed by atoms with Gasteiger partial charge in [0.1, 0.15) is 0 Å². The van der Waals surface area contributed by atoms with E-state index in [1.807, 2.05) is 0 Å². The van der Waals surface area contributed by atoms with Gasteiger partial charge in [0, 0.05) is 4.88 Å². The Morgan fingerprint density at radius 2 is 1.89 bits per heavy atom. The molecule has 4 unspecified atom stereocenters. The van der Waals surface area contributed by atoms with E-state index in [0.717, 1.165) is 16.2 Å². The minimum Gasteiger partial charge on any atom is -0.127 e. The first-order chi connectivity index (χ1) is 9.15. The molecule has 0 amide bonds. The van der Waals surface area contributed by atoms with Crippen LogP contribution in [0.4, 0.5) is 0 Å². The monoisotopic (exact) mass is 316 g/mol. The van der Waals surface area contributed by atoms with E-state index in [0.29, 0.717) is 5.92 Å². The first-order valence-corrected chi connectivity index (χ1v) is 9.18. The highest BCUT2D eigenvalue weighted by molar-refractivity contribution is 7.16. The zero-order chi connectivity index (χ0) is 13.4. The number of fused-ring (bicyclic) bond motifs is 1. The standard InChI is InChI=1S/C16H22Cl2S/c1-10-8-14(19-16(10)18)15(17)13-7-6-11-4-2-3-5-12(11)9-13/h8,11-13,15H,2-7,9H2,1H3. The van der Waals surface area contributed by atoms with Crippen LogP contribution in [0.5, 0.6) is 0 Å². The van der Waals surface area contributed by atoms with Crippen molar-refractivity contribution in [1.82, 2.24) is 0 Å². The Labute approximate surface area is 130 Å². The van der Waals surface area contributed by atoms with E-state index < -0.39 is 0 Å². The molecule has 106 valence electrons. The minimum absolute atomic E-state index is 0.180. The second kappa shape index (κ2) is 5.95. The van der Waals surface area contributed by atoms with Crippen molar-refractivity contribution in [2.24, 2.45) is 17.8 Å². The topological polar surface area (TPSA) is 0 Å². The summed E-state index contributed by atoms with van der Waals surface area (Å²) in [5.41, 5.74) is 1.18. The lowest BCUT2D eigenvalue weighted by atomic mass is 9.67. The molecule has 2 aliphatic carbocycles. The molecule has 0 aromatic carbocycles. The molecule has 1 aromatic heterocycles. The second-order valence-corrected chi connectivity index (χ2v) is 8.54. The van der Waals surface area contributed by atoms with Crippen LogP contribution in [-0.4, -0.2) is 0 Å². The molecule has 4 atom stereocenters. The highest BCUT2D eigenvalue weighted by atomic mass is 35.5. The number of thiophene rings is 1. The predicted octanol–water partition coefficient (Wildman–Crippen LogP) is 6.60. The Hall–Kier alpha value is 0.280. The fourth-order valence-electron chi connectivity index (χ4n) is 4.03. The SMILES string of the molecule is Cc1cc(C(Cl)C2CCC3CCCCC3C2)sc1Cl. The lowest BCUT2D eigenvalue weighted by Crippen LogP contribution is -2.29. The summed E-state index contributed by atoms with van der Waals surface area (Å²) < 4.78 is 0.909. The van der Waals surface area contributed by atoms with E-state index in [2.05, 4.69) is 13.0 Å². The number of rotatable bonds is 2. The predicted molar refractivity (Wildman–Crippen MR) is 85.4 cm³/mol. The quantitative estimate of drug-likeness (QED) is 0.539. The number of aryl methyl sites for hydroxylation is 1. The van der Waals surface area contributed by atoms with Crippen molar-refractivity contribution in [2.45, 2.75) is 57.2 Å². The van der Waals surface area contributed by atoms with Gasteiger partial charge in [0.05, 0.1) is 9.71 Å². The molecule has 1 aromatic rings. The fourth-order valence-corrected chi connectivity index (χ4v) is 5.74. The van der Waals surface area contributed by atoms with Gasteiger partial charge in [-0.2, -0.15) is 0 Å². The third-order valence-corrected chi connectivity index (χ3v) is 7.50. The maximum absolute atomic E-state index is 6.75. The first-order valence-electron chi connectivity index (χ1n) is 7.55. The fraction of sp³-hybridized carbons (Fsp3) is 0.750. The molecular weight excluding hydrogens is 295 g/mol. The van der Waals surface area contributed by atoms with Gasteiger partial charge in [0.25, 0.3) is 0 Å². The molecule has 3 rings (SSSR count). The molecule has 0 saturated heterocycles. The lowest BCUT2D eigenvalue weighted by Gasteiger charge is -2.40. The Morgan fingerprint density at radius 1 is 1.16 bits per heavy atom. The molecule has 0 spiro atoms. The number of alkyl halides is 1. The smallest absolute Gasteiger partial charge is 0.0960 e. The lowest BCUT2D eigenvalue weighted by molar-refractivity contribution is 0.128. The molecule has 19 heavy (non-hydrogen) atoms. The first kappa shape index (κ1) is 14.2. The minimum atomic E-state index is 0.180. The number of halogens is 2. The summed E-state index contributed by atoms with van der Waals surface area (Å²) >= 11 is 14.6. The highest BCUT2D eigenvalue weighted by Crippen LogP contribution is 2.49. The van der Waals surface area contributed by atoms with E-state index in [9.17, 15) is 0 Å². The van der Waals surface area contributed by atoms with Crippen LogP contribution in [0.25, 0.3) is 0 Å². The summed E-state index contributed by atoms with van der Waals surface area (Å²) in [5, 5.41) is 0.180. The Morgan fingerprint density at radius 3 is 2.58 bits per heavy atom. The van der Waals surface area contributed by atoms with Crippen LogP contribution in [-0.2, 0) is 0 Å². The van der Waals surface area contributed by atoms with Gasteiger partial charge < -0.3 is 0 Å². The van der Waals surface area contributed by atoms with Crippen molar-refractivity contribution in [2.75, 3.05) is 0 Å². The largest absolute Gasteiger partial charge is 0.127 e. The van der Waals surface area contributed by atoms with E-state index >= 15 is 0 Å². The van der Waals surface area contributed by atoms with E-state index in [4.69, 9.17) is 23.2 Å². The van der Waals surface area contributed by atoms with Gasteiger partial charge in [0.15, 0.2) is 0 Å². The summed E-state index contributed by atoms with van der Waals surface area (Å²) in [6, 6.07) is 2.19. The highest BCUT2D eigenvalue weighted by Gasteiger charge is 2.35. The average molecular weight is 317 g/mol. The van der Waals surface area contributed by atoms with E-state index in [1.165, 1.54) is 55.4 Å². The maximum atomic E-state index is 6.75. The van der Waals surface area contributed by atoms with Crippen molar-refractivity contribution in [3.63, 3.8) is 0 Å². The molecule has 2 fully saturated rings. The second-order valence-electron chi connectivity index (χ2n) is 6.38. The van der Waals surface area contributed by atoms with Crippen LogP contribution in [0.2, 0.25) is 4.34 Å². The Balaban J connectivity index is 1.68. The van der Waals surface area contributed by atoms with Crippen molar-refractivity contribution >= 4 is 34.5 Å². The maximum Gasteiger partial charge on any atom is 0.0960 e. The van der Waals surface area contributed by atoms with Gasteiger partial charge in [-0.05, 0) is 55.6 Å². The van der Waals surface area contributed by atoms with Gasteiger partial charge in [-0.1, -0.05) is 37.3 Å². The van der Waals surface area contributed by atoms with Crippen LogP contribution in [0.15, 0.2) is 6.07 Å². The molecule has 2 saturated carbocycles. The average Bonchev–Trinajstić information content (AvgIpc) is 2.77. The Kier molecular flexibility index (Phi) is 4.46. The third-order valence-electron chi connectivity index (χ3n) is 5.14. The molecule has 1 heterocycles. The molecule has 0 aliphatic heterocycles. The molecule has 2 aliphatic rings. The molecule has 0 nitrogen and oxygen atoms in total. The van der Waals surface area contributed by atoms with Gasteiger partial charge in [0.2, 0.25) is 0 Å². The van der Waals surface area contributed by atoms with Crippen LogP contribution in [0.3, 0.4) is 0 Å². The summed E-state index contributed by atoms with van der Waals surface area (Å²) in [7, 11) is 0. The van der Waals surface area contributed by atoms with Crippen molar-refractivity contribution in [1.29, 1.82) is 0 Å². The van der Waals surface area contributed by atoms with E-state index in [-0.39, 0.29) is 5.38 Å². The summed E-state index contributed by atoms with van der Waals surface area (Å²) in [4.78, 5) is 1.28. The van der Waals surface area contributed by atoms with Crippen LogP contribution in [0.1, 0.15) is 60.8 Å². The van der Waals surface area contributed by atoms with E-state index in [1.54, 1.807) is 11.3 Å². The van der Waals surface area contributed by atoms with Gasteiger partial charge in [-0.3, -0.25) is 0 Å². The Bertz CT molecular complexity index is 420. The van der Waals surface area contributed by atoms with Crippen LogP contribution >= 0.6 is 34.5 Å². The molecular formula is C16H22Cl2S. The number of hydrogen-bond acceptors (Lipinski definition) is 1. The molecule has 0 bridgehead atoms. The third kappa shape index (κ3) is 2.99. The normalized spacial score (nSPS) is 32.9. The summed E-state index contributed by atoms with van der Waals surface area (Å²) in [6.07, 6.45) is 9.85. The van der Waals surface area contributed by atoms with Crippen LogP contribution < -0.4 is 0 Å². The van der Waals surface area contributed by atoms with Crippen molar-refractivity contribution in [3.8, 4) is 0 Å². The molecule has 3 heteroatoms. The zero-order valence-electron chi connectivity index (χ0n) is 11.5. The van der Waals surface area contributed by atoms with Crippen molar-refractivity contribution < 1.29 is 0 Å².